The van der Waals surface area contributed by atoms with Crippen LogP contribution < -0.4 is 14.2 Å². The highest BCUT2D eigenvalue weighted by Gasteiger charge is 2.47. The summed E-state index contributed by atoms with van der Waals surface area (Å²) < 4.78 is 15.9. The van der Waals surface area contributed by atoms with Crippen molar-refractivity contribution in [2.75, 3.05) is 21.0 Å². The highest BCUT2D eigenvalue weighted by molar-refractivity contribution is 5.54. The fraction of sp³-hybridized carbons (Fsp3) is 0.368. The van der Waals surface area contributed by atoms with Gasteiger partial charge in [-0.3, -0.25) is 0 Å². The molecule has 0 fully saturated rings. The van der Waals surface area contributed by atoms with Crippen molar-refractivity contribution in [2.45, 2.75) is 24.9 Å². The van der Waals surface area contributed by atoms with Crippen molar-refractivity contribution in [3.8, 4) is 23.0 Å². The predicted octanol–water partition coefficient (Wildman–Crippen LogP) is 2.97. The minimum absolute atomic E-state index is 0.118. The topological polar surface area (TPSA) is 71.0 Å². The van der Waals surface area contributed by atoms with Gasteiger partial charge >= 0.3 is 0 Å². The molecule has 2 bridgehead atoms. The van der Waals surface area contributed by atoms with E-state index in [4.69, 9.17) is 14.2 Å². The third-order valence-electron chi connectivity index (χ3n) is 5.86. The Bertz CT molecular complexity index is 892. The van der Waals surface area contributed by atoms with Crippen LogP contribution in [-0.2, 0) is 12.8 Å². The largest absolute Gasteiger partial charge is 0.632 e. The maximum absolute atomic E-state index is 13.5. The molecule has 0 saturated carbocycles. The SMILES string of the molecule is COc1cc2c(cc1O)C[C@@H]1c3cc4c(cc3C[C@H]2[N@@+]1(C)[O-])OCO4. The summed E-state index contributed by atoms with van der Waals surface area (Å²) in [6, 6.07) is 7.09. The Labute approximate surface area is 145 Å². The summed E-state index contributed by atoms with van der Waals surface area (Å²) in [5.74, 6) is 1.99. The number of phenolic OH excluding ortho intramolecular Hbond substituents is 1. The van der Waals surface area contributed by atoms with Gasteiger partial charge in [0.2, 0.25) is 6.79 Å². The summed E-state index contributed by atoms with van der Waals surface area (Å²) >= 11 is 0. The molecule has 0 aliphatic carbocycles. The Kier molecular flexibility index (Phi) is 2.86. The summed E-state index contributed by atoms with van der Waals surface area (Å²) in [6.07, 6.45) is 1.21. The van der Waals surface area contributed by atoms with Gasteiger partial charge in [0.1, 0.15) is 12.1 Å². The summed E-state index contributed by atoms with van der Waals surface area (Å²) in [5, 5.41) is 23.7. The van der Waals surface area contributed by atoms with Gasteiger partial charge in [-0.15, -0.1) is 0 Å². The number of likely N-dealkylation sites (N-methyl/N-ethyl adjacent to an activating group) is 1. The van der Waals surface area contributed by atoms with Crippen molar-refractivity contribution in [1.29, 1.82) is 0 Å². The van der Waals surface area contributed by atoms with E-state index in [1.54, 1.807) is 13.1 Å². The fourth-order valence-electron chi connectivity index (χ4n) is 4.53. The number of rotatable bonds is 1. The molecule has 1 N–H and O–H groups in total. The van der Waals surface area contributed by atoms with Crippen LogP contribution in [0.3, 0.4) is 0 Å². The average Bonchev–Trinajstić information content (AvgIpc) is 3.02. The Morgan fingerprint density at radius 2 is 1.64 bits per heavy atom. The van der Waals surface area contributed by atoms with Crippen LogP contribution in [0.4, 0.5) is 0 Å². The standard InChI is InChI=1S/C19H19NO5/c1-20(22)14-3-10-5-16(21)17(23-2)7-12(10)15(20)4-11-6-18-19(8-13(11)14)25-9-24-18/h5-8,14-15,21H,3-4,9H2,1-2H3/t14-,15-,20+/m1/s1. The quantitative estimate of drug-likeness (QED) is 0.638. The van der Waals surface area contributed by atoms with Gasteiger partial charge in [0.25, 0.3) is 0 Å². The summed E-state index contributed by atoms with van der Waals surface area (Å²) in [5.41, 5.74) is 4.15. The highest BCUT2D eigenvalue weighted by atomic mass is 16.7. The monoisotopic (exact) mass is 341 g/mol. The molecule has 0 amide bonds. The molecule has 0 spiro atoms. The molecule has 2 aromatic rings. The van der Waals surface area contributed by atoms with Crippen LogP contribution in [0.1, 0.15) is 34.3 Å². The Balaban J connectivity index is 1.69. The summed E-state index contributed by atoms with van der Waals surface area (Å²) in [7, 11) is 3.26. The molecule has 0 radical (unpaired) electrons. The maximum Gasteiger partial charge on any atom is 0.231 e. The molecule has 0 saturated heterocycles. The molecule has 25 heavy (non-hydrogen) atoms. The molecule has 3 heterocycles. The zero-order valence-electron chi connectivity index (χ0n) is 14.1. The normalized spacial score (nSPS) is 28.3. The number of benzene rings is 2. The van der Waals surface area contributed by atoms with Crippen LogP contribution in [-0.4, -0.2) is 30.7 Å². The molecule has 0 unspecified atom stereocenters. The van der Waals surface area contributed by atoms with Gasteiger partial charge < -0.3 is 29.2 Å². The second-order valence-corrected chi connectivity index (χ2v) is 7.13. The van der Waals surface area contributed by atoms with Crippen LogP contribution >= 0.6 is 0 Å². The van der Waals surface area contributed by atoms with Gasteiger partial charge in [-0.2, -0.15) is 0 Å². The van der Waals surface area contributed by atoms with Crippen molar-refractivity contribution < 1.29 is 24.0 Å². The number of hydroxylamine groups is 3. The molecular weight excluding hydrogens is 322 g/mol. The van der Waals surface area contributed by atoms with Crippen molar-refractivity contribution in [3.63, 3.8) is 0 Å². The van der Waals surface area contributed by atoms with Gasteiger partial charge in [-0.05, 0) is 35.4 Å². The minimum Gasteiger partial charge on any atom is -0.632 e. The Morgan fingerprint density at radius 1 is 1.04 bits per heavy atom. The molecule has 0 aromatic heterocycles. The first-order valence-electron chi connectivity index (χ1n) is 8.38. The predicted molar refractivity (Wildman–Crippen MR) is 89.7 cm³/mol. The second kappa shape index (κ2) is 4.80. The van der Waals surface area contributed by atoms with E-state index in [1.165, 1.54) is 7.11 Å². The molecule has 2 aromatic carbocycles. The van der Waals surface area contributed by atoms with Gasteiger partial charge in [0, 0.05) is 24.0 Å². The number of phenols is 1. The first-order chi connectivity index (χ1) is 12.0. The van der Waals surface area contributed by atoms with Crippen molar-refractivity contribution in [1.82, 2.24) is 0 Å². The lowest BCUT2D eigenvalue weighted by Crippen LogP contribution is -2.52. The third kappa shape index (κ3) is 1.92. The van der Waals surface area contributed by atoms with E-state index in [1.807, 2.05) is 18.2 Å². The number of fused-ring (bicyclic) bond motifs is 7. The Hall–Kier alpha value is -2.44. The highest BCUT2D eigenvalue weighted by Crippen LogP contribution is 2.54. The van der Waals surface area contributed by atoms with Crippen LogP contribution in [0.25, 0.3) is 0 Å². The third-order valence-corrected chi connectivity index (χ3v) is 5.86. The van der Waals surface area contributed by atoms with Gasteiger partial charge in [0.15, 0.2) is 23.0 Å². The van der Waals surface area contributed by atoms with E-state index in [0.29, 0.717) is 24.3 Å². The van der Waals surface area contributed by atoms with E-state index in [0.717, 1.165) is 28.0 Å². The van der Waals surface area contributed by atoms with E-state index < -0.39 is 0 Å². The lowest BCUT2D eigenvalue weighted by molar-refractivity contribution is -0.927. The van der Waals surface area contributed by atoms with Gasteiger partial charge in [0.05, 0.1) is 14.2 Å². The van der Waals surface area contributed by atoms with E-state index in [2.05, 4.69) is 0 Å². The lowest BCUT2D eigenvalue weighted by Gasteiger charge is -2.57. The van der Waals surface area contributed by atoms with Crippen molar-refractivity contribution >= 4 is 0 Å². The van der Waals surface area contributed by atoms with E-state index in [-0.39, 0.29) is 29.3 Å². The first-order valence-corrected chi connectivity index (χ1v) is 8.38. The molecule has 3 atom stereocenters. The molecule has 3 aliphatic heterocycles. The smallest absolute Gasteiger partial charge is 0.231 e. The zero-order chi connectivity index (χ0) is 17.3. The fourth-order valence-corrected chi connectivity index (χ4v) is 4.53. The zero-order valence-corrected chi connectivity index (χ0v) is 14.1. The molecule has 130 valence electrons. The second-order valence-electron chi connectivity index (χ2n) is 7.13. The minimum atomic E-state index is -0.354. The van der Waals surface area contributed by atoms with E-state index >= 15 is 0 Å². The number of quaternary nitrogens is 1. The number of methoxy groups -OCH3 is 1. The summed E-state index contributed by atoms with van der Waals surface area (Å²) in [6.45, 7) is 0.223. The number of hydrogen-bond acceptors (Lipinski definition) is 5. The molecule has 3 aliphatic rings. The van der Waals surface area contributed by atoms with Crippen LogP contribution in [0.5, 0.6) is 23.0 Å². The molecule has 6 nitrogen and oxygen atoms in total. The molecule has 5 rings (SSSR count). The van der Waals surface area contributed by atoms with Crippen molar-refractivity contribution in [3.05, 3.63) is 51.7 Å². The van der Waals surface area contributed by atoms with Crippen LogP contribution in [0, 0.1) is 5.21 Å². The average molecular weight is 341 g/mol. The number of nitrogens with zero attached hydrogens (tertiary/aromatic N) is 1. The van der Waals surface area contributed by atoms with Crippen LogP contribution in [0.15, 0.2) is 24.3 Å². The maximum atomic E-state index is 13.5. The van der Waals surface area contributed by atoms with Crippen LogP contribution in [0.2, 0.25) is 0 Å². The summed E-state index contributed by atoms with van der Waals surface area (Å²) in [4.78, 5) is 0. The Morgan fingerprint density at radius 3 is 2.32 bits per heavy atom. The van der Waals surface area contributed by atoms with E-state index in [9.17, 15) is 10.3 Å². The van der Waals surface area contributed by atoms with Gasteiger partial charge in [-0.1, -0.05) is 0 Å². The molecule has 6 heteroatoms. The first kappa shape index (κ1) is 14.9. The number of aromatic hydroxyl groups is 1. The lowest BCUT2D eigenvalue weighted by atomic mass is 9.76. The van der Waals surface area contributed by atoms with Gasteiger partial charge in [-0.25, -0.2) is 0 Å². The number of hydrogen-bond donors (Lipinski definition) is 1. The number of ether oxygens (including phenoxy) is 3. The van der Waals surface area contributed by atoms with Crippen molar-refractivity contribution in [2.24, 2.45) is 0 Å². The molecular formula is C19H19NO5.